The van der Waals surface area contributed by atoms with E-state index in [-0.39, 0.29) is 0 Å². The molecule has 0 atom stereocenters. The van der Waals surface area contributed by atoms with Crippen LogP contribution in [0.2, 0.25) is 0 Å². The molecule has 0 heterocycles. The van der Waals surface area contributed by atoms with E-state index in [4.69, 9.17) is 4.74 Å². The highest BCUT2D eigenvalue weighted by Gasteiger charge is 1.81. The van der Waals surface area contributed by atoms with Gasteiger partial charge in [-0.15, -0.1) is 0 Å². The van der Waals surface area contributed by atoms with Gasteiger partial charge in [-0.1, -0.05) is 35.0 Å². The predicted molar refractivity (Wildman–Crippen MR) is 48.7 cm³/mol. The molecule has 0 aromatic rings. The summed E-state index contributed by atoms with van der Waals surface area (Å²) in [5, 5.41) is 0.945. The second-order valence-electron chi connectivity index (χ2n) is 2.03. The molecule has 0 aromatic carbocycles. The summed E-state index contributed by atoms with van der Waals surface area (Å²) >= 11 is 3.30. The number of halogens is 1. The summed E-state index contributed by atoms with van der Waals surface area (Å²) in [7, 11) is 0. The number of allylic oxidation sites excluding steroid dienone is 1. The molecular formula is C8H15BrO. The molecule has 0 unspecified atom stereocenters. The highest BCUT2D eigenvalue weighted by molar-refractivity contribution is 9.09. The Balaban J connectivity index is 2.83. The fourth-order valence-electron chi connectivity index (χ4n) is 0.579. The number of ether oxygens (including phenoxy) is 1. The fourth-order valence-corrected chi connectivity index (χ4v) is 0.843. The Morgan fingerprint density at radius 1 is 1.30 bits per heavy atom. The highest BCUT2D eigenvalue weighted by atomic mass is 79.9. The Morgan fingerprint density at radius 3 is 2.70 bits per heavy atom. The summed E-state index contributed by atoms with van der Waals surface area (Å²) in [6.07, 6.45) is 6.37. The summed E-state index contributed by atoms with van der Waals surface area (Å²) in [6.45, 7) is 3.87. The molecule has 0 rings (SSSR count). The van der Waals surface area contributed by atoms with Crippen LogP contribution in [0.3, 0.4) is 0 Å². The zero-order valence-electron chi connectivity index (χ0n) is 6.48. The van der Waals surface area contributed by atoms with Crippen LogP contribution in [-0.2, 0) is 4.74 Å². The minimum absolute atomic E-state index is 0.858. The minimum Gasteiger partial charge on any atom is -0.381 e. The van der Waals surface area contributed by atoms with Crippen molar-refractivity contribution in [2.24, 2.45) is 0 Å². The molecule has 0 aliphatic rings. The van der Waals surface area contributed by atoms with Gasteiger partial charge in [0.25, 0.3) is 0 Å². The van der Waals surface area contributed by atoms with Gasteiger partial charge in [-0.3, -0.25) is 0 Å². The average Bonchev–Trinajstić information content (AvgIpc) is 1.97. The zero-order valence-corrected chi connectivity index (χ0v) is 8.06. The summed E-state index contributed by atoms with van der Waals surface area (Å²) in [4.78, 5) is 0. The van der Waals surface area contributed by atoms with Gasteiger partial charge in [-0.2, -0.15) is 0 Å². The van der Waals surface area contributed by atoms with Gasteiger partial charge in [0, 0.05) is 11.9 Å². The largest absolute Gasteiger partial charge is 0.381 e. The molecule has 10 heavy (non-hydrogen) atoms. The van der Waals surface area contributed by atoms with Crippen LogP contribution in [-0.4, -0.2) is 18.5 Å². The third kappa shape index (κ3) is 8.18. The zero-order chi connectivity index (χ0) is 7.66. The van der Waals surface area contributed by atoms with Crippen LogP contribution in [0.5, 0.6) is 0 Å². The summed E-state index contributed by atoms with van der Waals surface area (Å²) in [5.74, 6) is 0. The Kier molecular flexibility index (Phi) is 9.35. The van der Waals surface area contributed by atoms with E-state index >= 15 is 0 Å². The fraction of sp³-hybridized carbons (Fsp3) is 0.750. The molecule has 1 nitrogen and oxygen atoms in total. The molecule has 0 amide bonds. The van der Waals surface area contributed by atoms with Gasteiger partial charge < -0.3 is 4.74 Å². The normalized spacial score (nSPS) is 11.0. The van der Waals surface area contributed by atoms with Crippen LogP contribution in [0.4, 0.5) is 0 Å². The molecule has 0 bridgehead atoms. The van der Waals surface area contributed by atoms with Gasteiger partial charge >= 0.3 is 0 Å². The molecule has 0 fully saturated rings. The number of hydrogen-bond donors (Lipinski definition) is 0. The molecular weight excluding hydrogens is 192 g/mol. The molecule has 0 spiro atoms. The third-order valence-corrected chi connectivity index (χ3v) is 1.41. The Bertz CT molecular complexity index is 81.3. The van der Waals surface area contributed by atoms with Crippen molar-refractivity contribution >= 4 is 15.9 Å². The van der Waals surface area contributed by atoms with Gasteiger partial charge in [0.1, 0.15) is 0 Å². The monoisotopic (exact) mass is 206 g/mol. The van der Waals surface area contributed by atoms with Crippen LogP contribution >= 0.6 is 15.9 Å². The van der Waals surface area contributed by atoms with E-state index in [0.717, 1.165) is 31.4 Å². The van der Waals surface area contributed by atoms with E-state index in [2.05, 4.69) is 35.0 Å². The van der Waals surface area contributed by atoms with Crippen LogP contribution in [0, 0.1) is 0 Å². The van der Waals surface area contributed by atoms with Gasteiger partial charge in [-0.05, 0) is 12.8 Å². The minimum atomic E-state index is 0.858. The Morgan fingerprint density at radius 2 is 2.10 bits per heavy atom. The second-order valence-corrected chi connectivity index (χ2v) is 2.67. The first-order valence-corrected chi connectivity index (χ1v) is 4.82. The van der Waals surface area contributed by atoms with Gasteiger partial charge in [0.15, 0.2) is 0 Å². The van der Waals surface area contributed by atoms with Crippen molar-refractivity contribution < 1.29 is 4.74 Å². The van der Waals surface area contributed by atoms with Crippen molar-refractivity contribution in [1.29, 1.82) is 0 Å². The topological polar surface area (TPSA) is 9.23 Å². The first-order valence-electron chi connectivity index (χ1n) is 3.70. The van der Waals surface area contributed by atoms with Crippen molar-refractivity contribution in [3.8, 4) is 0 Å². The van der Waals surface area contributed by atoms with E-state index in [1.165, 1.54) is 0 Å². The maximum atomic E-state index is 5.26. The molecule has 0 N–H and O–H groups in total. The van der Waals surface area contributed by atoms with Gasteiger partial charge in [0.2, 0.25) is 0 Å². The predicted octanol–water partition coefficient (Wildman–Crippen LogP) is 2.75. The lowest BCUT2D eigenvalue weighted by Crippen LogP contribution is -1.93. The van der Waals surface area contributed by atoms with Gasteiger partial charge in [-0.25, -0.2) is 0 Å². The van der Waals surface area contributed by atoms with E-state index in [1.807, 2.05) is 0 Å². The van der Waals surface area contributed by atoms with Crippen molar-refractivity contribution in [2.45, 2.75) is 19.8 Å². The SMILES string of the molecule is CCCOCC/C=C/CBr. The third-order valence-electron chi connectivity index (χ3n) is 1.03. The first-order chi connectivity index (χ1) is 4.91. The van der Waals surface area contributed by atoms with Crippen molar-refractivity contribution in [1.82, 2.24) is 0 Å². The number of alkyl halides is 1. The standard InChI is InChI=1S/C8H15BrO/c1-2-7-10-8-5-3-4-6-9/h3-4H,2,5-8H2,1H3/b4-3+. The van der Waals surface area contributed by atoms with Crippen LogP contribution < -0.4 is 0 Å². The van der Waals surface area contributed by atoms with Crippen molar-refractivity contribution in [2.75, 3.05) is 18.5 Å². The molecule has 0 aliphatic heterocycles. The van der Waals surface area contributed by atoms with Crippen molar-refractivity contribution in [3.63, 3.8) is 0 Å². The molecule has 0 saturated heterocycles. The molecule has 60 valence electrons. The number of rotatable bonds is 6. The smallest absolute Gasteiger partial charge is 0.0500 e. The molecule has 0 aliphatic carbocycles. The summed E-state index contributed by atoms with van der Waals surface area (Å²) < 4.78 is 5.26. The first kappa shape index (κ1) is 10.2. The maximum Gasteiger partial charge on any atom is 0.0500 e. The average molecular weight is 207 g/mol. The van der Waals surface area contributed by atoms with E-state index < -0.39 is 0 Å². The van der Waals surface area contributed by atoms with Crippen LogP contribution in [0.15, 0.2) is 12.2 Å². The lowest BCUT2D eigenvalue weighted by molar-refractivity contribution is 0.139. The highest BCUT2D eigenvalue weighted by Crippen LogP contribution is 1.88. The lowest BCUT2D eigenvalue weighted by atomic mass is 10.4. The quantitative estimate of drug-likeness (QED) is 0.369. The molecule has 0 radical (unpaired) electrons. The summed E-state index contributed by atoms with van der Waals surface area (Å²) in [6, 6.07) is 0. The van der Waals surface area contributed by atoms with Crippen LogP contribution in [0.25, 0.3) is 0 Å². The maximum absolute atomic E-state index is 5.26. The van der Waals surface area contributed by atoms with Gasteiger partial charge in [0.05, 0.1) is 6.61 Å². The van der Waals surface area contributed by atoms with E-state index in [1.54, 1.807) is 0 Å². The van der Waals surface area contributed by atoms with Crippen LogP contribution in [0.1, 0.15) is 19.8 Å². The molecule has 0 saturated carbocycles. The van der Waals surface area contributed by atoms with E-state index in [9.17, 15) is 0 Å². The molecule has 2 heteroatoms. The molecule has 0 aromatic heterocycles. The second kappa shape index (κ2) is 9.18. The Labute approximate surface area is 71.6 Å². The lowest BCUT2D eigenvalue weighted by Gasteiger charge is -1.96. The Hall–Kier alpha value is 0.180. The van der Waals surface area contributed by atoms with Crippen molar-refractivity contribution in [3.05, 3.63) is 12.2 Å². The summed E-state index contributed by atoms with van der Waals surface area (Å²) in [5.41, 5.74) is 0. The van der Waals surface area contributed by atoms with E-state index in [0.29, 0.717) is 0 Å². The number of hydrogen-bond acceptors (Lipinski definition) is 1.